The lowest BCUT2D eigenvalue weighted by atomic mass is 9.86. The van der Waals surface area contributed by atoms with Crippen LogP contribution < -0.4 is 15.5 Å². The SMILES string of the molecule is COc1ccc(S(=O)(=O)c2ccc(CNC3(C(=O)NO)CCN(Cc4ccccc4)CC3)cc2)cc1. The molecule has 0 spiro atoms. The zero-order chi connectivity index (χ0) is 25.6. The molecule has 0 bridgehead atoms. The molecule has 0 saturated carbocycles. The average molecular weight is 510 g/mol. The number of likely N-dealkylation sites (tertiary alicyclic amines) is 1. The molecule has 1 heterocycles. The number of hydrogen-bond acceptors (Lipinski definition) is 7. The summed E-state index contributed by atoms with van der Waals surface area (Å²) in [6.45, 7) is 2.57. The zero-order valence-electron chi connectivity index (χ0n) is 20.2. The summed E-state index contributed by atoms with van der Waals surface area (Å²) in [7, 11) is -2.13. The monoisotopic (exact) mass is 509 g/mol. The third-order valence-electron chi connectivity index (χ3n) is 6.73. The van der Waals surface area contributed by atoms with Crippen LogP contribution >= 0.6 is 0 Å². The second-order valence-electron chi connectivity index (χ2n) is 8.96. The second kappa shape index (κ2) is 11.2. The number of amides is 1. The van der Waals surface area contributed by atoms with E-state index in [4.69, 9.17) is 4.74 Å². The van der Waals surface area contributed by atoms with Crippen molar-refractivity contribution in [3.05, 3.63) is 90.0 Å². The van der Waals surface area contributed by atoms with Crippen molar-refractivity contribution in [2.75, 3.05) is 20.2 Å². The standard InChI is InChI=1S/C27H31N3O5S/c1-35-23-9-13-25(14-10-23)36(33,34)24-11-7-21(8-12-24)19-28-27(26(31)29-32)15-17-30(18-16-27)20-22-5-3-2-4-6-22/h2-14,28,32H,15-20H2,1H3,(H,29,31). The highest BCUT2D eigenvalue weighted by Crippen LogP contribution is 2.26. The van der Waals surface area contributed by atoms with Crippen molar-refractivity contribution in [2.24, 2.45) is 0 Å². The number of benzene rings is 3. The van der Waals surface area contributed by atoms with E-state index in [1.807, 2.05) is 23.7 Å². The molecule has 3 aromatic carbocycles. The van der Waals surface area contributed by atoms with Gasteiger partial charge in [-0.05, 0) is 60.4 Å². The Kier molecular flexibility index (Phi) is 8.05. The van der Waals surface area contributed by atoms with Gasteiger partial charge in [-0.1, -0.05) is 42.5 Å². The fourth-order valence-corrected chi connectivity index (χ4v) is 5.74. The summed E-state index contributed by atoms with van der Waals surface area (Å²) in [5, 5.41) is 12.7. The molecule has 1 fully saturated rings. The van der Waals surface area contributed by atoms with E-state index in [0.29, 0.717) is 38.2 Å². The Morgan fingerprint density at radius 2 is 1.50 bits per heavy atom. The number of methoxy groups -OCH3 is 1. The molecule has 0 radical (unpaired) electrons. The van der Waals surface area contributed by atoms with Gasteiger partial charge in [-0.2, -0.15) is 0 Å². The van der Waals surface area contributed by atoms with Gasteiger partial charge in [-0.15, -0.1) is 0 Å². The fraction of sp³-hybridized carbons (Fsp3) is 0.296. The Morgan fingerprint density at radius 3 is 2.06 bits per heavy atom. The predicted octanol–water partition coefficient (Wildman–Crippen LogP) is 3.16. The molecule has 0 unspecified atom stereocenters. The number of nitrogens with one attached hydrogen (secondary N) is 2. The largest absolute Gasteiger partial charge is 0.497 e. The van der Waals surface area contributed by atoms with Gasteiger partial charge >= 0.3 is 0 Å². The van der Waals surface area contributed by atoms with Crippen LogP contribution in [0.15, 0.2) is 88.7 Å². The van der Waals surface area contributed by atoms with E-state index in [0.717, 1.165) is 12.1 Å². The normalized spacial score (nSPS) is 15.8. The number of carbonyl (C=O) groups is 1. The van der Waals surface area contributed by atoms with Gasteiger partial charge in [-0.3, -0.25) is 20.2 Å². The molecule has 0 aliphatic carbocycles. The minimum Gasteiger partial charge on any atom is -0.497 e. The second-order valence-corrected chi connectivity index (χ2v) is 10.9. The summed E-state index contributed by atoms with van der Waals surface area (Å²) in [4.78, 5) is 15.3. The highest BCUT2D eigenvalue weighted by molar-refractivity contribution is 7.91. The van der Waals surface area contributed by atoms with Gasteiger partial charge in [0.1, 0.15) is 11.3 Å². The molecule has 9 heteroatoms. The van der Waals surface area contributed by atoms with Gasteiger partial charge < -0.3 is 4.74 Å². The van der Waals surface area contributed by atoms with E-state index < -0.39 is 21.3 Å². The molecular weight excluding hydrogens is 478 g/mol. The first-order chi connectivity index (χ1) is 17.4. The molecule has 0 atom stereocenters. The van der Waals surface area contributed by atoms with E-state index in [1.54, 1.807) is 36.4 Å². The van der Waals surface area contributed by atoms with Crippen molar-refractivity contribution >= 4 is 15.7 Å². The summed E-state index contributed by atoms with van der Waals surface area (Å²) in [5.41, 5.74) is 2.97. The van der Waals surface area contributed by atoms with Gasteiger partial charge in [0.05, 0.1) is 16.9 Å². The maximum Gasteiger partial charge on any atom is 0.263 e. The smallest absolute Gasteiger partial charge is 0.263 e. The summed E-state index contributed by atoms with van der Waals surface area (Å²) in [6, 6.07) is 23.0. The highest BCUT2D eigenvalue weighted by Gasteiger charge is 2.41. The number of hydroxylamine groups is 1. The van der Waals surface area contributed by atoms with Crippen LogP contribution in [-0.4, -0.2) is 50.2 Å². The number of carbonyl (C=O) groups excluding carboxylic acids is 1. The predicted molar refractivity (Wildman–Crippen MR) is 135 cm³/mol. The Balaban J connectivity index is 1.40. The zero-order valence-corrected chi connectivity index (χ0v) is 21.0. The average Bonchev–Trinajstić information content (AvgIpc) is 2.93. The van der Waals surface area contributed by atoms with Gasteiger partial charge in [0.2, 0.25) is 9.84 Å². The molecule has 1 aliphatic rings. The number of piperidine rings is 1. The van der Waals surface area contributed by atoms with Crippen LogP contribution in [0.25, 0.3) is 0 Å². The van der Waals surface area contributed by atoms with Crippen molar-refractivity contribution < 1.29 is 23.2 Å². The Labute approximate surface area is 211 Å². The number of rotatable bonds is 9. The molecule has 190 valence electrons. The summed E-state index contributed by atoms with van der Waals surface area (Å²) < 4.78 is 31.0. The molecule has 3 N–H and O–H groups in total. The number of hydrogen-bond donors (Lipinski definition) is 3. The Bertz CT molecular complexity index is 1260. The van der Waals surface area contributed by atoms with Gasteiger partial charge in [0, 0.05) is 26.2 Å². The van der Waals surface area contributed by atoms with Crippen molar-refractivity contribution in [3.63, 3.8) is 0 Å². The molecule has 4 rings (SSSR count). The molecule has 3 aromatic rings. The van der Waals surface area contributed by atoms with Crippen LogP contribution in [0.3, 0.4) is 0 Å². The molecule has 1 saturated heterocycles. The highest BCUT2D eigenvalue weighted by atomic mass is 32.2. The minimum atomic E-state index is -3.66. The van der Waals surface area contributed by atoms with Crippen LogP contribution in [0.5, 0.6) is 5.75 Å². The lowest BCUT2D eigenvalue weighted by molar-refractivity contribution is -0.138. The first-order valence-corrected chi connectivity index (χ1v) is 13.3. The summed E-state index contributed by atoms with van der Waals surface area (Å²) >= 11 is 0. The lowest BCUT2D eigenvalue weighted by Gasteiger charge is -2.40. The van der Waals surface area contributed by atoms with E-state index in [-0.39, 0.29) is 9.79 Å². The maximum atomic E-state index is 12.9. The van der Waals surface area contributed by atoms with Gasteiger partial charge in [0.25, 0.3) is 5.91 Å². The summed E-state index contributed by atoms with van der Waals surface area (Å²) in [6.07, 6.45) is 1.08. The van der Waals surface area contributed by atoms with E-state index >= 15 is 0 Å². The van der Waals surface area contributed by atoms with Crippen molar-refractivity contribution in [3.8, 4) is 5.75 Å². The number of nitrogens with zero attached hydrogens (tertiary/aromatic N) is 1. The molecule has 1 aliphatic heterocycles. The van der Waals surface area contributed by atoms with Crippen LogP contribution in [0, 0.1) is 0 Å². The van der Waals surface area contributed by atoms with Crippen molar-refractivity contribution in [1.82, 2.24) is 15.7 Å². The molecular formula is C27H31N3O5S. The van der Waals surface area contributed by atoms with Gasteiger partial charge in [-0.25, -0.2) is 13.9 Å². The molecule has 1 amide bonds. The quantitative estimate of drug-likeness (QED) is 0.300. The Hall–Kier alpha value is -3.24. The van der Waals surface area contributed by atoms with Crippen molar-refractivity contribution in [1.29, 1.82) is 0 Å². The van der Waals surface area contributed by atoms with E-state index in [9.17, 15) is 18.4 Å². The van der Waals surface area contributed by atoms with Crippen LogP contribution in [0.1, 0.15) is 24.0 Å². The van der Waals surface area contributed by atoms with Crippen LogP contribution in [0.2, 0.25) is 0 Å². The Morgan fingerprint density at radius 1 is 0.917 bits per heavy atom. The summed E-state index contributed by atoms with van der Waals surface area (Å²) in [5.74, 6) is 0.127. The molecule has 8 nitrogen and oxygen atoms in total. The lowest BCUT2D eigenvalue weighted by Crippen LogP contribution is -2.61. The van der Waals surface area contributed by atoms with Crippen molar-refractivity contribution in [2.45, 2.75) is 41.3 Å². The molecule has 36 heavy (non-hydrogen) atoms. The first-order valence-electron chi connectivity index (χ1n) is 11.8. The first kappa shape index (κ1) is 25.8. The third-order valence-corrected chi connectivity index (χ3v) is 8.51. The topological polar surface area (TPSA) is 108 Å². The third kappa shape index (κ3) is 5.76. The minimum absolute atomic E-state index is 0.188. The van der Waals surface area contributed by atoms with Gasteiger partial charge in [0.15, 0.2) is 0 Å². The van der Waals surface area contributed by atoms with E-state index in [1.165, 1.54) is 24.8 Å². The van der Waals surface area contributed by atoms with Crippen LogP contribution in [0.4, 0.5) is 0 Å². The van der Waals surface area contributed by atoms with E-state index in [2.05, 4.69) is 22.3 Å². The molecule has 0 aromatic heterocycles. The number of ether oxygens (including phenoxy) is 1. The number of sulfone groups is 1. The van der Waals surface area contributed by atoms with Crippen LogP contribution in [-0.2, 0) is 27.7 Å². The fourth-order valence-electron chi connectivity index (χ4n) is 4.47. The maximum absolute atomic E-state index is 12.9.